The molecule has 0 saturated carbocycles. The van der Waals surface area contributed by atoms with E-state index in [9.17, 15) is 0 Å². The second kappa shape index (κ2) is 8.42. The van der Waals surface area contributed by atoms with E-state index in [4.69, 9.17) is 14.2 Å². The molecular weight excluding hydrogens is 332 g/mol. The summed E-state index contributed by atoms with van der Waals surface area (Å²) < 4.78 is 16.9. The molecule has 4 aliphatic rings. The molecule has 0 amide bonds. The zero-order chi connectivity index (χ0) is 17.8. The fourth-order valence-corrected chi connectivity index (χ4v) is 4.97. The van der Waals surface area contributed by atoms with Gasteiger partial charge in [-0.25, -0.2) is 0 Å². The average molecular weight is 367 g/mol. The molecule has 4 heterocycles. The molecule has 0 bridgehead atoms. The Kier molecular flexibility index (Phi) is 5.98. The Hall–Kier alpha value is -0.890. The lowest BCUT2D eigenvalue weighted by atomic mass is 9.87. The number of guanidine groups is 1. The lowest BCUT2D eigenvalue weighted by Gasteiger charge is -2.38. The topological polar surface area (TPSA) is 58.6 Å². The summed E-state index contributed by atoms with van der Waals surface area (Å²) in [6.45, 7) is 10.4. The van der Waals surface area contributed by atoms with E-state index in [1.54, 1.807) is 0 Å². The van der Waals surface area contributed by atoms with Gasteiger partial charge < -0.3 is 24.4 Å². The minimum Gasteiger partial charge on any atom is -0.381 e. The Morgan fingerprint density at radius 1 is 1.12 bits per heavy atom. The summed E-state index contributed by atoms with van der Waals surface area (Å²) in [4.78, 5) is 9.59. The van der Waals surface area contributed by atoms with Gasteiger partial charge in [-0.2, -0.15) is 0 Å². The van der Waals surface area contributed by atoms with E-state index in [1.807, 2.05) is 7.05 Å². The molecule has 4 fully saturated rings. The van der Waals surface area contributed by atoms with Gasteiger partial charge in [0.05, 0.1) is 26.4 Å². The van der Waals surface area contributed by atoms with Crippen LogP contribution in [0.2, 0.25) is 0 Å². The fraction of sp³-hybridized carbons (Fsp3) is 0.947. The number of nitrogens with one attached hydrogen (secondary N) is 1. The van der Waals surface area contributed by atoms with Crippen LogP contribution in [0.15, 0.2) is 4.99 Å². The lowest BCUT2D eigenvalue weighted by Crippen LogP contribution is -2.54. The highest BCUT2D eigenvalue weighted by molar-refractivity contribution is 5.80. The molecule has 3 atom stereocenters. The van der Waals surface area contributed by atoms with Gasteiger partial charge in [0, 0.05) is 70.4 Å². The number of aliphatic imine (C=N–C) groups is 1. The van der Waals surface area contributed by atoms with Crippen LogP contribution in [-0.4, -0.2) is 101 Å². The Labute approximate surface area is 157 Å². The van der Waals surface area contributed by atoms with Gasteiger partial charge in [-0.1, -0.05) is 0 Å². The number of morpholine rings is 1. The second-order valence-corrected chi connectivity index (χ2v) is 8.24. The minimum absolute atomic E-state index is 0.362. The first-order valence-electron chi connectivity index (χ1n) is 10.2. The van der Waals surface area contributed by atoms with Crippen LogP contribution in [0.1, 0.15) is 19.3 Å². The van der Waals surface area contributed by atoms with Crippen LogP contribution < -0.4 is 5.32 Å². The van der Waals surface area contributed by atoms with Crippen molar-refractivity contribution in [2.24, 2.45) is 16.3 Å². The number of likely N-dealkylation sites (tertiary alicyclic amines) is 1. The van der Waals surface area contributed by atoms with Crippen LogP contribution in [0.4, 0.5) is 0 Å². The molecule has 0 aromatic heterocycles. The maximum Gasteiger partial charge on any atom is 0.193 e. The molecule has 0 aromatic carbocycles. The molecule has 26 heavy (non-hydrogen) atoms. The van der Waals surface area contributed by atoms with Crippen molar-refractivity contribution in [3.63, 3.8) is 0 Å². The summed E-state index contributed by atoms with van der Waals surface area (Å²) in [7, 11) is 1.90. The highest BCUT2D eigenvalue weighted by atomic mass is 16.5. The van der Waals surface area contributed by atoms with E-state index < -0.39 is 0 Å². The first-order valence-corrected chi connectivity index (χ1v) is 10.2. The van der Waals surface area contributed by atoms with Crippen LogP contribution in [0.25, 0.3) is 0 Å². The predicted molar refractivity (Wildman–Crippen MR) is 101 cm³/mol. The van der Waals surface area contributed by atoms with Crippen LogP contribution in [0, 0.1) is 11.3 Å². The maximum atomic E-state index is 5.68. The SMILES string of the molecule is CN=C(NCC(C1CCOC1)N1CCOCC1)N1CCC2(CCOC2)C1. The summed E-state index contributed by atoms with van der Waals surface area (Å²) in [5.74, 6) is 1.65. The Bertz CT molecular complexity index is 483. The van der Waals surface area contributed by atoms with Gasteiger partial charge in [0.15, 0.2) is 5.96 Å². The summed E-state index contributed by atoms with van der Waals surface area (Å²) >= 11 is 0. The molecule has 1 N–H and O–H groups in total. The third-order valence-corrected chi connectivity index (χ3v) is 6.63. The van der Waals surface area contributed by atoms with Gasteiger partial charge in [0.2, 0.25) is 0 Å². The average Bonchev–Trinajstić information content (AvgIpc) is 3.44. The largest absolute Gasteiger partial charge is 0.381 e. The molecule has 0 aliphatic carbocycles. The van der Waals surface area contributed by atoms with Gasteiger partial charge in [-0.15, -0.1) is 0 Å². The number of nitrogens with zero attached hydrogens (tertiary/aromatic N) is 3. The highest BCUT2D eigenvalue weighted by Crippen LogP contribution is 2.38. The standard InChI is InChI=1S/C19H34N4O3/c1-20-18(23-5-3-19(14-23)4-9-26-15-19)21-12-17(16-2-8-25-13-16)22-6-10-24-11-7-22/h16-17H,2-15H2,1H3,(H,20,21). The Morgan fingerprint density at radius 2 is 2.00 bits per heavy atom. The molecule has 4 saturated heterocycles. The molecule has 148 valence electrons. The fourth-order valence-electron chi connectivity index (χ4n) is 4.97. The molecule has 0 radical (unpaired) electrons. The first-order chi connectivity index (χ1) is 12.8. The van der Waals surface area contributed by atoms with Crippen LogP contribution in [0.3, 0.4) is 0 Å². The predicted octanol–water partition coefficient (Wildman–Crippen LogP) is 0.412. The number of rotatable bonds is 4. The summed E-state index contributed by atoms with van der Waals surface area (Å²) in [5, 5.41) is 3.69. The van der Waals surface area contributed by atoms with Crippen molar-refractivity contribution in [3.8, 4) is 0 Å². The quantitative estimate of drug-likeness (QED) is 0.575. The number of hydrogen-bond acceptors (Lipinski definition) is 5. The van der Waals surface area contributed by atoms with E-state index in [0.29, 0.717) is 17.4 Å². The van der Waals surface area contributed by atoms with Gasteiger partial charge in [0.25, 0.3) is 0 Å². The molecule has 7 nitrogen and oxygen atoms in total. The van der Waals surface area contributed by atoms with E-state index in [-0.39, 0.29) is 0 Å². The monoisotopic (exact) mass is 366 g/mol. The van der Waals surface area contributed by atoms with E-state index in [1.165, 1.54) is 12.8 Å². The Morgan fingerprint density at radius 3 is 2.69 bits per heavy atom. The Balaban J connectivity index is 1.36. The number of ether oxygens (including phenoxy) is 3. The summed E-state index contributed by atoms with van der Waals surface area (Å²) in [6.07, 6.45) is 3.57. The second-order valence-electron chi connectivity index (χ2n) is 8.24. The molecule has 7 heteroatoms. The van der Waals surface area contributed by atoms with E-state index in [2.05, 4.69) is 20.1 Å². The van der Waals surface area contributed by atoms with Gasteiger partial charge in [0.1, 0.15) is 0 Å². The van der Waals surface area contributed by atoms with E-state index in [0.717, 1.165) is 84.7 Å². The van der Waals surface area contributed by atoms with Crippen molar-refractivity contribution in [3.05, 3.63) is 0 Å². The van der Waals surface area contributed by atoms with Crippen molar-refractivity contribution in [2.75, 3.05) is 79.4 Å². The summed E-state index contributed by atoms with van der Waals surface area (Å²) in [5.41, 5.74) is 0.362. The third kappa shape index (κ3) is 4.01. The maximum absolute atomic E-state index is 5.68. The van der Waals surface area contributed by atoms with Crippen LogP contribution in [0.5, 0.6) is 0 Å². The van der Waals surface area contributed by atoms with Crippen molar-refractivity contribution in [1.29, 1.82) is 0 Å². The third-order valence-electron chi connectivity index (χ3n) is 6.63. The van der Waals surface area contributed by atoms with Crippen LogP contribution >= 0.6 is 0 Å². The molecular formula is C19H34N4O3. The van der Waals surface area contributed by atoms with Crippen molar-refractivity contribution >= 4 is 5.96 Å². The van der Waals surface area contributed by atoms with Crippen molar-refractivity contribution in [1.82, 2.24) is 15.1 Å². The number of hydrogen-bond donors (Lipinski definition) is 1. The van der Waals surface area contributed by atoms with Crippen molar-refractivity contribution < 1.29 is 14.2 Å². The van der Waals surface area contributed by atoms with Gasteiger partial charge in [-0.05, 0) is 19.3 Å². The summed E-state index contributed by atoms with van der Waals surface area (Å²) in [6, 6.07) is 0.490. The van der Waals surface area contributed by atoms with Crippen LogP contribution in [-0.2, 0) is 14.2 Å². The molecule has 3 unspecified atom stereocenters. The normalized spacial score (nSPS) is 34.7. The van der Waals surface area contributed by atoms with Gasteiger partial charge in [-0.3, -0.25) is 9.89 Å². The molecule has 1 spiro atoms. The zero-order valence-electron chi connectivity index (χ0n) is 16.1. The minimum atomic E-state index is 0.362. The molecule has 4 rings (SSSR count). The first kappa shape index (κ1) is 18.5. The van der Waals surface area contributed by atoms with E-state index >= 15 is 0 Å². The van der Waals surface area contributed by atoms with Gasteiger partial charge >= 0.3 is 0 Å². The lowest BCUT2D eigenvalue weighted by molar-refractivity contribution is 0.00235. The zero-order valence-corrected chi connectivity index (χ0v) is 16.1. The smallest absolute Gasteiger partial charge is 0.193 e. The molecule has 4 aliphatic heterocycles. The highest BCUT2D eigenvalue weighted by Gasteiger charge is 2.42. The molecule has 0 aromatic rings. The van der Waals surface area contributed by atoms with Crippen molar-refractivity contribution in [2.45, 2.75) is 25.3 Å².